The highest BCUT2D eigenvalue weighted by molar-refractivity contribution is 5.99. The van der Waals surface area contributed by atoms with Crippen molar-refractivity contribution in [3.05, 3.63) is 186 Å². The summed E-state index contributed by atoms with van der Waals surface area (Å²) in [5.41, 5.74) is 8.15. The second-order valence-electron chi connectivity index (χ2n) is 26.1. The Morgan fingerprint density at radius 1 is 0.537 bits per heavy atom. The molecule has 0 aliphatic rings. The van der Waals surface area contributed by atoms with Gasteiger partial charge in [-0.05, 0) is 88.0 Å². The average Bonchev–Trinajstić information content (AvgIpc) is 3.39. The summed E-state index contributed by atoms with van der Waals surface area (Å²) >= 11 is 0. The fraction of sp³-hybridized carbons (Fsp3) is 0.500. The minimum absolute atomic E-state index is 0.00815. The van der Waals surface area contributed by atoms with E-state index in [0.29, 0.717) is 22.7 Å². The predicted octanol–water partition coefficient (Wildman–Crippen LogP) is 17.4. The second kappa shape index (κ2) is 34.1. The second-order valence-corrected chi connectivity index (χ2v) is 26.1. The molecule has 1 amide bonds. The number of rotatable bonds is 13. The fourth-order valence-corrected chi connectivity index (χ4v) is 7.04. The summed E-state index contributed by atoms with van der Waals surface area (Å²) in [7, 11) is 4.91. The minimum atomic E-state index is -0.559. The molecule has 0 spiro atoms. The first-order chi connectivity index (χ1) is 36.8. The molecule has 0 saturated heterocycles. The summed E-state index contributed by atoms with van der Waals surface area (Å²) in [6, 6.07) is 33.2. The molecule has 5 aromatic rings. The summed E-state index contributed by atoms with van der Waals surface area (Å²) in [4.78, 5) is 37.6. The average molecular weight is 1100 g/mol. The number of methoxy groups -OCH3 is 3. The van der Waals surface area contributed by atoms with Gasteiger partial charge >= 0.3 is 0 Å². The van der Waals surface area contributed by atoms with Crippen LogP contribution in [-0.2, 0) is 22.4 Å². The van der Waals surface area contributed by atoms with Gasteiger partial charge in [0.25, 0.3) is 0 Å². The van der Waals surface area contributed by atoms with Gasteiger partial charge < -0.3 is 24.2 Å². The Hall–Kier alpha value is -6.23. The number of hydrogen-bond acceptors (Lipinski definition) is 9. The molecule has 0 bridgehead atoms. The smallest absolute Gasteiger partial charge is 0.227 e. The standard InChI is InChI=1S/C14H20O.C13H18O.C12H17N.C11H15NO2.C11H17NO.C9H19NO/c1-11(14(2,3)4)13(15-5)12-9-7-6-8-10-12;1-10(13(2,3)4)12(14)11-8-6-5-7-9-11;1-10(12(2,3)4)9-11-7-5-6-8-13-11;1-11(2,3)10(13)8-5-6-9(14-4)12-7-8;1-11(2,3)7-9-5-6-10(13-4)12-8-9;1-6-10(7-2)8(11)9(3,4)5/h6-10,13H,1H2,2-5H3;5-9,12,14H,1H2,2-4H3;5-8H,1,9H2,2-4H3;5-7H,1-4H3;5-6,8H,7H2,1-4H3;6-7H2,1-5H3/t13-;12-;;;;/m00..../s1. The van der Waals surface area contributed by atoms with E-state index in [1.807, 2.05) is 145 Å². The number of hydrogen-bond donors (Lipinski definition) is 1. The molecule has 0 unspecified atom stereocenters. The molecule has 10 nitrogen and oxygen atoms in total. The Balaban J connectivity index is 0.000000939. The Morgan fingerprint density at radius 2 is 1.00 bits per heavy atom. The summed E-state index contributed by atoms with van der Waals surface area (Å²) in [5.74, 6) is 1.53. The number of aliphatic hydroxyl groups excluding tert-OH is 1. The van der Waals surface area contributed by atoms with Crippen LogP contribution in [0.25, 0.3) is 0 Å². The minimum Gasteiger partial charge on any atom is -0.481 e. The maximum atomic E-state index is 11.8. The number of allylic oxidation sites excluding steroid dienone is 1. The molecule has 3 heterocycles. The molecule has 80 heavy (non-hydrogen) atoms. The predicted molar refractivity (Wildman–Crippen MR) is 337 cm³/mol. The zero-order valence-corrected chi connectivity index (χ0v) is 53.9. The Kier molecular flexibility index (Phi) is 31.5. The van der Waals surface area contributed by atoms with Crippen LogP contribution in [0.2, 0.25) is 0 Å². The molecule has 5 rings (SSSR count). The van der Waals surface area contributed by atoms with Gasteiger partial charge in [-0.1, -0.05) is 223 Å². The van der Waals surface area contributed by atoms with Crippen LogP contribution >= 0.6 is 0 Å². The van der Waals surface area contributed by atoms with E-state index in [0.717, 1.165) is 48.3 Å². The van der Waals surface area contributed by atoms with Crippen molar-refractivity contribution in [3.63, 3.8) is 0 Å². The highest BCUT2D eigenvalue weighted by Crippen LogP contribution is 2.37. The SMILES string of the molecule is C=C(Cc1ccccn1)C(C)(C)C.C=C([C@H](O)c1ccccc1)C(C)(C)C.C=C([C@H](OC)c1ccccc1)C(C)(C)C.CCN(CC)C(=O)C(C)(C)C.COc1ccc(C(=O)C(C)(C)C)cn1.COc1ccc(CC(C)(C)C)cn1. The fourth-order valence-electron chi connectivity index (χ4n) is 7.04. The van der Waals surface area contributed by atoms with Gasteiger partial charge in [0, 0.05) is 79.4 Å². The third-order valence-electron chi connectivity index (χ3n) is 12.5. The maximum Gasteiger partial charge on any atom is 0.227 e. The summed E-state index contributed by atoms with van der Waals surface area (Å²) in [6.45, 7) is 55.2. The highest BCUT2D eigenvalue weighted by atomic mass is 16.5. The van der Waals surface area contributed by atoms with Crippen molar-refractivity contribution in [2.24, 2.45) is 32.5 Å². The molecule has 0 aliphatic heterocycles. The van der Waals surface area contributed by atoms with Gasteiger partial charge in [-0.25, -0.2) is 9.97 Å². The number of aliphatic hydroxyl groups is 1. The number of benzene rings is 2. The van der Waals surface area contributed by atoms with Crippen molar-refractivity contribution in [2.45, 2.75) is 164 Å². The summed E-state index contributed by atoms with van der Waals surface area (Å²) in [6.07, 6.45) is 6.61. The van der Waals surface area contributed by atoms with Gasteiger partial charge in [0.05, 0.1) is 14.2 Å². The van der Waals surface area contributed by atoms with E-state index in [1.54, 1.807) is 39.7 Å². The van der Waals surface area contributed by atoms with E-state index in [4.69, 9.17) is 14.2 Å². The molecule has 0 fully saturated rings. The highest BCUT2D eigenvalue weighted by Gasteiger charge is 2.27. The number of Topliss-reactive ketones (excluding diaryl/α,β-unsaturated/α-hetero) is 1. The van der Waals surface area contributed by atoms with Crippen LogP contribution in [0, 0.1) is 32.5 Å². The lowest BCUT2D eigenvalue weighted by Gasteiger charge is -2.28. The van der Waals surface area contributed by atoms with E-state index in [9.17, 15) is 14.7 Å². The third-order valence-corrected chi connectivity index (χ3v) is 12.5. The first-order valence-electron chi connectivity index (χ1n) is 27.9. The number of carbonyl (C=O) groups is 2. The van der Waals surface area contributed by atoms with E-state index in [-0.39, 0.29) is 44.9 Å². The van der Waals surface area contributed by atoms with Crippen LogP contribution < -0.4 is 9.47 Å². The zero-order chi connectivity index (χ0) is 61.9. The molecular weight excluding hydrogens is 993 g/mol. The number of pyridine rings is 3. The number of aromatic nitrogens is 3. The van der Waals surface area contributed by atoms with Crippen molar-refractivity contribution in [2.75, 3.05) is 34.4 Å². The molecule has 1 N–H and O–H groups in total. The lowest BCUT2D eigenvalue weighted by atomic mass is 9.82. The number of ketones is 1. The van der Waals surface area contributed by atoms with Crippen molar-refractivity contribution < 1.29 is 28.9 Å². The van der Waals surface area contributed by atoms with Crippen molar-refractivity contribution in [1.82, 2.24) is 19.9 Å². The largest absolute Gasteiger partial charge is 0.481 e. The van der Waals surface area contributed by atoms with Gasteiger partial charge in [-0.15, -0.1) is 0 Å². The van der Waals surface area contributed by atoms with Crippen LogP contribution in [0.4, 0.5) is 0 Å². The molecule has 442 valence electrons. The van der Waals surface area contributed by atoms with Crippen LogP contribution in [0.15, 0.2) is 158 Å². The van der Waals surface area contributed by atoms with Gasteiger partial charge in [0.2, 0.25) is 17.7 Å². The quantitative estimate of drug-likeness (QED) is 0.0906. The normalized spacial score (nSPS) is 12.2. The van der Waals surface area contributed by atoms with Crippen LogP contribution in [0.1, 0.15) is 183 Å². The van der Waals surface area contributed by atoms with Crippen molar-refractivity contribution in [3.8, 4) is 11.8 Å². The zero-order valence-electron chi connectivity index (χ0n) is 53.9. The third kappa shape index (κ3) is 29.3. The van der Waals surface area contributed by atoms with Gasteiger partial charge in [0.15, 0.2) is 5.78 Å². The first-order valence-corrected chi connectivity index (χ1v) is 27.9. The topological polar surface area (TPSA) is 124 Å². The van der Waals surface area contributed by atoms with Crippen molar-refractivity contribution in [1.29, 1.82) is 0 Å². The number of nitrogens with zero attached hydrogens (tertiary/aromatic N) is 4. The number of carbonyl (C=O) groups excluding carboxylic acids is 2. The monoisotopic (exact) mass is 1100 g/mol. The van der Waals surface area contributed by atoms with Gasteiger partial charge in [-0.2, -0.15) is 0 Å². The maximum absolute atomic E-state index is 11.8. The Labute approximate surface area is 486 Å². The van der Waals surface area contributed by atoms with E-state index in [2.05, 4.69) is 136 Å². The Morgan fingerprint density at radius 3 is 1.32 bits per heavy atom. The lowest BCUT2D eigenvalue weighted by molar-refractivity contribution is -0.139. The molecule has 2 atom stereocenters. The van der Waals surface area contributed by atoms with Crippen LogP contribution in [0.5, 0.6) is 11.8 Å². The molecule has 3 aromatic heterocycles. The van der Waals surface area contributed by atoms with Crippen LogP contribution in [0.3, 0.4) is 0 Å². The molecular formula is C70H106N4O6. The number of amides is 1. The number of ether oxygens (including phenoxy) is 3. The van der Waals surface area contributed by atoms with E-state index < -0.39 is 6.10 Å². The molecule has 0 aliphatic carbocycles. The lowest BCUT2D eigenvalue weighted by Crippen LogP contribution is -2.39. The van der Waals surface area contributed by atoms with Crippen LogP contribution in [-0.4, -0.2) is 71.1 Å². The first kappa shape index (κ1) is 73.8. The Bertz CT molecular complexity index is 2550. The van der Waals surface area contributed by atoms with Gasteiger partial charge in [-0.3, -0.25) is 14.6 Å². The molecule has 2 aromatic carbocycles. The molecule has 0 radical (unpaired) electrons. The van der Waals surface area contributed by atoms with Crippen molar-refractivity contribution >= 4 is 11.7 Å². The van der Waals surface area contributed by atoms with E-state index >= 15 is 0 Å². The molecule has 10 heteroatoms. The van der Waals surface area contributed by atoms with E-state index in [1.165, 1.54) is 16.7 Å². The summed E-state index contributed by atoms with van der Waals surface area (Å²) < 4.78 is 15.4. The summed E-state index contributed by atoms with van der Waals surface area (Å²) in [5, 5.41) is 10.0. The molecule has 0 saturated carbocycles. The van der Waals surface area contributed by atoms with Gasteiger partial charge in [0.1, 0.15) is 12.2 Å².